The number of anilines is 1. The topological polar surface area (TPSA) is 49.4 Å². The van der Waals surface area contributed by atoms with Gasteiger partial charge in [0, 0.05) is 34.5 Å². The summed E-state index contributed by atoms with van der Waals surface area (Å²) in [4.78, 5) is 27.7. The molecule has 2 amide bonds. The third-order valence-electron chi connectivity index (χ3n) is 4.34. The number of nitrogens with zero attached hydrogens (tertiary/aromatic N) is 1. The highest BCUT2D eigenvalue weighted by molar-refractivity contribution is 9.10. The van der Waals surface area contributed by atoms with Crippen molar-refractivity contribution in [3.05, 3.63) is 58.6 Å². The normalized spacial score (nSPS) is 14.5. The number of rotatable bonds is 5. The quantitative estimate of drug-likeness (QED) is 0.753. The van der Waals surface area contributed by atoms with Gasteiger partial charge in [0.25, 0.3) is 0 Å². The SMILES string of the molecule is CC(NC(=O)CCC(=O)N1CCSc2ccccc21)c1ccc(Br)cc1. The minimum atomic E-state index is -0.103. The van der Waals surface area contributed by atoms with Crippen molar-refractivity contribution < 1.29 is 9.59 Å². The summed E-state index contributed by atoms with van der Waals surface area (Å²) in [5.74, 6) is 0.785. The summed E-state index contributed by atoms with van der Waals surface area (Å²) in [6.07, 6.45) is 0.420. The molecule has 1 atom stereocenters. The second-order valence-electron chi connectivity index (χ2n) is 6.20. The van der Waals surface area contributed by atoms with E-state index < -0.39 is 0 Å². The predicted molar refractivity (Wildman–Crippen MR) is 109 cm³/mol. The molecule has 1 aliphatic rings. The lowest BCUT2D eigenvalue weighted by Gasteiger charge is -2.29. The summed E-state index contributed by atoms with van der Waals surface area (Å²) >= 11 is 5.17. The van der Waals surface area contributed by atoms with Crippen LogP contribution in [0, 0.1) is 0 Å². The maximum absolute atomic E-state index is 12.6. The van der Waals surface area contributed by atoms with Gasteiger partial charge in [-0.25, -0.2) is 0 Å². The van der Waals surface area contributed by atoms with Crippen LogP contribution in [0.15, 0.2) is 57.9 Å². The zero-order valence-electron chi connectivity index (χ0n) is 14.6. The molecular weight excluding hydrogens is 412 g/mol. The van der Waals surface area contributed by atoms with Crippen molar-refractivity contribution in [1.82, 2.24) is 5.32 Å². The number of carbonyl (C=O) groups is 2. The van der Waals surface area contributed by atoms with E-state index in [2.05, 4.69) is 21.2 Å². The van der Waals surface area contributed by atoms with E-state index in [1.807, 2.05) is 55.5 Å². The molecule has 2 aromatic rings. The van der Waals surface area contributed by atoms with E-state index >= 15 is 0 Å². The van der Waals surface area contributed by atoms with Crippen molar-refractivity contribution in [2.45, 2.75) is 30.7 Å². The largest absolute Gasteiger partial charge is 0.350 e. The molecule has 136 valence electrons. The predicted octanol–water partition coefficient (Wildman–Crippen LogP) is 4.55. The molecule has 0 spiro atoms. The number of thioether (sulfide) groups is 1. The van der Waals surface area contributed by atoms with Crippen LogP contribution in [0.1, 0.15) is 31.4 Å². The first kappa shape index (κ1) is 19.0. The Kier molecular flexibility index (Phi) is 6.38. The lowest BCUT2D eigenvalue weighted by Crippen LogP contribution is -2.36. The van der Waals surface area contributed by atoms with Crippen LogP contribution in [0.25, 0.3) is 0 Å². The molecule has 2 aromatic carbocycles. The van der Waals surface area contributed by atoms with Gasteiger partial charge in [-0.05, 0) is 36.8 Å². The zero-order valence-corrected chi connectivity index (χ0v) is 17.0. The summed E-state index contributed by atoms with van der Waals surface area (Å²) in [6.45, 7) is 2.64. The zero-order chi connectivity index (χ0) is 18.5. The molecule has 0 aliphatic carbocycles. The van der Waals surface area contributed by atoms with E-state index in [1.54, 1.807) is 16.7 Å². The second-order valence-corrected chi connectivity index (χ2v) is 8.25. The lowest BCUT2D eigenvalue weighted by molar-refractivity contribution is -0.125. The molecule has 0 aromatic heterocycles. The van der Waals surface area contributed by atoms with Gasteiger partial charge < -0.3 is 10.2 Å². The Morgan fingerprint density at radius 2 is 1.88 bits per heavy atom. The highest BCUT2D eigenvalue weighted by Crippen LogP contribution is 2.34. The molecule has 0 bridgehead atoms. The highest BCUT2D eigenvalue weighted by atomic mass is 79.9. The van der Waals surface area contributed by atoms with Crippen molar-refractivity contribution in [2.24, 2.45) is 0 Å². The maximum atomic E-state index is 12.6. The van der Waals surface area contributed by atoms with E-state index in [1.165, 1.54) is 0 Å². The minimum Gasteiger partial charge on any atom is -0.350 e. The Bertz CT molecular complexity index is 795. The van der Waals surface area contributed by atoms with Gasteiger partial charge in [-0.1, -0.05) is 40.2 Å². The van der Waals surface area contributed by atoms with Gasteiger partial charge >= 0.3 is 0 Å². The van der Waals surface area contributed by atoms with Crippen molar-refractivity contribution >= 4 is 45.2 Å². The number of para-hydroxylation sites is 1. The average Bonchev–Trinajstić information content (AvgIpc) is 2.66. The summed E-state index contributed by atoms with van der Waals surface area (Å²) < 4.78 is 1.00. The Hall–Kier alpha value is -1.79. The average molecular weight is 433 g/mol. The Labute approximate surface area is 166 Å². The number of nitrogens with one attached hydrogen (secondary N) is 1. The molecule has 0 radical (unpaired) electrons. The number of hydrogen-bond acceptors (Lipinski definition) is 3. The molecule has 0 saturated heterocycles. The van der Waals surface area contributed by atoms with Gasteiger partial charge in [-0.2, -0.15) is 0 Å². The first-order valence-electron chi connectivity index (χ1n) is 8.61. The van der Waals surface area contributed by atoms with Crippen LogP contribution in [0.3, 0.4) is 0 Å². The Balaban J connectivity index is 1.53. The molecule has 0 saturated carbocycles. The fraction of sp³-hybridized carbons (Fsp3) is 0.300. The van der Waals surface area contributed by atoms with Crippen LogP contribution in [0.5, 0.6) is 0 Å². The number of halogens is 1. The van der Waals surface area contributed by atoms with E-state index in [-0.39, 0.29) is 30.7 Å². The molecule has 1 heterocycles. The first-order chi connectivity index (χ1) is 12.5. The van der Waals surface area contributed by atoms with Crippen LogP contribution in [-0.2, 0) is 9.59 Å². The third-order valence-corrected chi connectivity index (χ3v) is 5.91. The molecular formula is C20H21BrN2O2S. The first-order valence-corrected chi connectivity index (χ1v) is 10.4. The number of carbonyl (C=O) groups excluding carboxylic acids is 2. The molecule has 6 heteroatoms. The van der Waals surface area contributed by atoms with E-state index in [4.69, 9.17) is 0 Å². The summed E-state index contributed by atoms with van der Waals surface area (Å²) in [5.41, 5.74) is 1.99. The van der Waals surface area contributed by atoms with E-state index in [9.17, 15) is 9.59 Å². The fourth-order valence-corrected chi connectivity index (χ4v) is 4.19. The standard InChI is InChI=1S/C20H21BrN2O2S/c1-14(15-6-8-16(21)9-7-15)22-19(24)10-11-20(25)23-12-13-26-18-5-3-2-4-17(18)23/h2-9,14H,10-13H2,1H3,(H,22,24). The van der Waals surface area contributed by atoms with Gasteiger partial charge in [0.05, 0.1) is 11.7 Å². The maximum Gasteiger partial charge on any atom is 0.227 e. The lowest BCUT2D eigenvalue weighted by atomic mass is 10.1. The molecule has 1 aliphatic heterocycles. The van der Waals surface area contributed by atoms with E-state index in [0.29, 0.717) is 6.54 Å². The number of benzene rings is 2. The molecule has 0 fully saturated rings. The fourth-order valence-electron chi connectivity index (χ4n) is 2.93. The minimum absolute atomic E-state index is 0.00388. The Morgan fingerprint density at radius 1 is 1.15 bits per heavy atom. The smallest absolute Gasteiger partial charge is 0.227 e. The number of fused-ring (bicyclic) bond motifs is 1. The summed E-state index contributed by atoms with van der Waals surface area (Å²) in [5, 5.41) is 2.96. The van der Waals surface area contributed by atoms with Crippen molar-refractivity contribution in [1.29, 1.82) is 0 Å². The van der Waals surface area contributed by atoms with Gasteiger partial charge in [0.2, 0.25) is 11.8 Å². The number of hydrogen-bond donors (Lipinski definition) is 1. The van der Waals surface area contributed by atoms with Crippen LogP contribution >= 0.6 is 27.7 Å². The molecule has 26 heavy (non-hydrogen) atoms. The molecule has 1 unspecified atom stereocenters. The summed E-state index contributed by atoms with van der Waals surface area (Å²) in [7, 11) is 0. The molecule has 4 nitrogen and oxygen atoms in total. The van der Waals surface area contributed by atoms with E-state index in [0.717, 1.165) is 26.4 Å². The monoisotopic (exact) mass is 432 g/mol. The van der Waals surface area contributed by atoms with Crippen LogP contribution < -0.4 is 10.2 Å². The molecule has 3 rings (SSSR count). The van der Waals surface area contributed by atoms with Gasteiger partial charge in [0.15, 0.2) is 0 Å². The molecule has 1 N–H and O–H groups in total. The van der Waals surface area contributed by atoms with Gasteiger partial charge in [-0.15, -0.1) is 11.8 Å². The van der Waals surface area contributed by atoms with Gasteiger partial charge in [0.1, 0.15) is 0 Å². The summed E-state index contributed by atoms with van der Waals surface area (Å²) in [6, 6.07) is 15.7. The highest BCUT2D eigenvalue weighted by Gasteiger charge is 2.23. The van der Waals surface area contributed by atoms with Crippen molar-refractivity contribution in [3.8, 4) is 0 Å². The van der Waals surface area contributed by atoms with Crippen LogP contribution in [-0.4, -0.2) is 24.1 Å². The van der Waals surface area contributed by atoms with Gasteiger partial charge in [-0.3, -0.25) is 9.59 Å². The Morgan fingerprint density at radius 3 is 2.65 bits per heavy atom. The number of amides is 2. The second kappa shape index (κ2) is 8.73. The third kappa shape index (κ3) is 4.68. The van der Waals surface area contributed by atoms with Crippen LogP contribution in [0.2, 0.25) is 0 Å². The van der Waals surface area contributed by atoms with Crippen molar-refractivity contribution in [2.75, 3.05) is 17.2 Å². The van der Waals surface area contributed by atoms with Crippen molar-refractivity contribution in [3.63, 3.8) is 0 Å². The van der Waals surface area contributed by atoms with Crippen LogP contribution in [0.4, 0.5) is 5.69 Å².